The molecule has 0 saturated carbocycles. The minimum atomic E-state index is -0.100. The van der Waals surface area contributed by atoms with Crippen LogP contribution in [0.15, 0.2) is 48.5 Å². The van der Waals surface area contributed by atoms with Gasteiger partial charge in [-0.3, -0.25) is 15.0 Å². The summed E-state index contributed by atoms with van der Waals surface area (Å²) in [6.45, 7) is 3.42. The lowest BCUT2D eigenvalue weighted by Crippen LogP contribution is -2.39. The van der Waals surface area contributed by atoms with Gasteiger partial charge in [-0.15, -0.1) is 11.8 Å². The second-order valence-electron chi connectivity index (χ2n) is 6.07. The van der Waals surface area contributed by atoms with E-state index in [-0.39, 0.29) is 23.3 Å². The van der Waals surface area contributed by atoms with E-state index in [9.17, 15) is 9.59 Å². The second kappa shape index (κ2) is 8.18. The summed E-state index contributed by atoms with van der Waals surface area (Å²) < 4.78 is 0. The number of amides is 2. The number of anilines is 1. The van der Waals surface area contributed by atoms with Crippen LogP contribution in [0.3, 0.4) is 0 Å². The quantitative estimate of drug-likeness (QED) is 0.836. The molecule has 0 bridgehead atoms. The van der Waals surface area contributed by atoms with E-state index in [1.165, 1.54) is 22.9 Å². The van der Waals surface area contributed by atoms with E-state index >= 15 is 0 Å². The number of rotatable bonds is 6. The Balaban J connectivity index is 1.36. The van der Waals surface area contributed by atoms with E-state index in [0.717, 1.165) is 24.3 Å². The van der Waals surface area contributed by atoms with Crippen molar-refractivity contribution >= 4 is 29.3 Å². The molecule has 1 aliphatic heterocycles. The van der Waals surface area contributed by atoms with Crippen LogP contribution < -0.4 is 10.7 Å². The van der Waals surface area contributed by atoms with Gasteiger partial charge in [-0.1, -0.05) is 36.4 Å². The van der Waals surface area contributed by atoms with Crippen molar-refractivity contribution in [3.8, 4) is 0 Å². The molecule has 5 nitrogen and oxygen atoms in total. The number of hydrazine groups is 1. The van der Waals surface area contributed by atoms with Crippen molar-refractivity contribution in [2.45, 2.75) is 20.0 Å². The number of hydrogen-bond acceptors (Lipinski definition) is 4. The second-order valence-corrected chi connectivity index (χ2v) is 7.06. The summed E-state index contributed by atoms with van der Waals surface area (Å²) in [5.41, 5.74) is 7.26. The summed E-state index contributed by atoms with van der Waals surface area (Å²) in [5.74, 6) is 0.327. The van der Waals surface area contributed by atoms with Crippen molar-refractivity contribution in [3.05, 3.63) is 65.2 Å². The van der Waals surface area contributed by atoms with Gasteiger partial charge < -0.3 is 5.32 Å². The number of thioether (sulfide) groups is 1. The predicted molar refractivity (Wildman–Crippen MR) is 101 cm³/mol. The molecular formula is C19H21N3O2S. The van der Waals surface area contributed by atoms with E-state index in [2.05, 4.69) is 22.9 Å². The van der Waals surface area contributed by atoms with Gasteiger partial charge in [0.05, 0.1) is 11.5 Å². The SMILES string of the molecule is Cc1cccc(NC(=O)CSCC(=O)NN2Cc3ccccc3C2)c1. The lowest BCUT2D eigenvalue weighted by molar-refractivity contribution is -0.123. The highest BCUT2D eigenvalue weighted by atomic mass is 32.2. The van der Waals surface area contributed by atoms with Gasteiger partial charge in [-0.05, 0) is 35.7 Å². The molecule has 0 radical (unpaired) electrons. The molecule has 0 saturated heterocycles. The van der Waals surface area contributed by atoms with Crippen molar-refractivity contribution < 1.29 is 9.59 Å². The number of aryl methyl sites for hydroxylation is 1. The maximum Gasteiger partial charge on any atom is 0.244 e. The van der Waals surface area contributed by atoms with E-state index in [0.29, 0.717) is 0 Å². The molecule has 2 amide bonds. The highest BCUT2D eigenvalue weighted by Gasteiger charge is 2.19. The summed E-state index contributed by atoms with van der Waals surface area (Å²) in [6, 6.07) is 15.8. The van der Waals surface area contributed by atoms with Gasteiger partial charge in [0, 0.05) is 18.8 Å². The molecule has 6 heteroatoms. The molecule has 3 rings (SSSR count). The first-order valence-corrected chi connectivity index (χ1v) is 9.31. The number of nitrogens with one attached hydrogen (secondary N) is 2. The normalized spacial score (nSPS) is 13.3. The zero-order chi connectivity index (χ0) is 17.6. The summed E-state index contributed by atoms with van der Waals surface area (Å²) in [5, 5.41) is 4.74. The summed E-state index contributed by atoms with van der Waals surface area (Å²) in [4.78, 5) is 24.0. The van der Waals surface area contributed by atoms with Crippen molar-refractivity contribution in [1.82, 2.24) is 10.4 Å². The summed E-state index contributed by atoms with van der Waals surface area (Å²) in [6.07, 6.45) is 0. The highest BCUT2D eigenvalue weighted by Crippen LogP contribution is 2.20. The Labute approximate surface area is 151 Å². The molecule has 0 atom stereocenters. The smallest absolute Gasteiger partial charge is 0.244 e. The van der Waals surface area contributed by atoms with Crippen LogP contribution in [-0.4, -0.2) is 28.3 Å². The van der Waals surface area contributed by atoms with E-state index in [1.54, 1.807) is 0 Å². The maximum atomic E-state index is 12.0. The summed E-state index contributed by atoms with van der Waals surface area (Å²) >= 11 is 1.31. The van der Waals surface area contributed by atoms with Crippen LogP contribution in [0.2, 0.25) is 0 Å². The fraction of sp³-hybridized carbons (Fsp3) is 0.263. The minimum Gasteiger partial charge on any atom is -0.325 e. The van der Waals surface area contributed by atoms with Gasteiger partial charge in [-0.25, -0.2) is 5.01 Å². The van der Waals surface area contributed by atoms with Crippen LogP contribution >= 0.6 is 11.8 Å². The number of nitrogens with zero attached hydrogens (tertiary/aromatic N) is 1. The molecule has 130 valence electrons. The molecule has 1 aliphatic rings. The van der Waals surface area contributed by atoms with E-state index in [4.69, 9.17) is 0 Å². The van der Waals surface area contributed by atoms with Crippen molar-refractivity contribution in [2.75, 3.05) is 16.8 Å². The Morgan fingerprint density at radius 2 is 1.68 bits per heavy atom. The Kier molecular flexibility index (Phi) is 5.73. The summed E-state index contributed by atoms with van der Waals surface area (Å²) in [7, 11) is 0. The monoisotopic (exact) mass is 355 g/mol. The van der Waals surface area contributed by atoms with Gasteiger partial charge >= 0.3 is 0 Å². The van der Waals surface area contributed by atoms with Crippen molar-refractivity contribution in [1.29, 1.82) is 0 Å². The third-order valence-electron chi connectivity index (χ3n) is 3.89. The first-order valence-electron chi connectivity index (χ1n) is 8.15. The molecule has 2 aromatic rings. The third kappa shape index (κ3) is 5.08. The Morgan fingerprint density at radius 3 is 2.36 bits per heavy atom. The van der Waals surface area contributed by atoms with Crippen molar-refractivity contribution in [3.63, 3.8) is 0 Å². The molecule has 0 aliphatic carbocycles. The fourth-order valence-corrected chi connectivity index (χ4v) is 3.39. The Morgan fingerprint density at radius 1 is 1.00 bits per heavy atom. The number of benzene rings is 2. The zero-order valence-electron chi connectivity index (χ0n) is 14.1. The lowest BCUT2D eigenvalue weighted by atomic mass is 10.1. The number of fused-ring (bicyclic) bond motifs is 1. The topological polar surface area (TPSA) is 61.4 Å². The van der Waals surface area contributed by atoms with Crippen LogP contribution in [-0.2, 0) is 22.7 Å². The average molecular weight is 355 g/mol. The average Bonchev–Trinajstić information content (AvgIpc) is 2.96. The number of carbonyl (C=O) groups excluding carboxylic acids is 2. The lowest BCUT2D eigenvalue weighted by Gasteiger charge is -2.16. The first kappa shape index (κ1) is 17.5. The molecule has 0 spiro atoms. The maximum absolute atomic E-state index is 12.0. The van der Waals surface area contributed by atoms with Gasteiger partial charge in [-0.2, -0.15) is 0 Å². The molecule has 2 N–H and O–H groups in total. The van der Waals surface area contributed by atoms with Gasteiger partial charge in [0.15, 0.2) is 0 Å². The molecule has 0 unspecified atom stereocenters. The molecule has 0 fully saturated rings. The largest absolute Gasteiger partial charge is 0.325 e. The van der Waals surface area contributed by atoms with Crippen LogP contribution in [0.25, 0.3) is 0 Å². The fourth-order valence-electron chi connectivity index (χ4n) is 2.78. The molecular weight excluding hydrogens is 334 g/mol. The van der Waals surface area contributed by atoms with E-state index in [1.807, 2.05) is 48.3 Å². The van der Waals surface area contributed by atoms with Gasteiger partial charge in [0.25, 0.3) is 0 Å². The molecule has 25 heavy (non-hydrogen) atoms. The van der Waals surface area contributed by atoms with Crippen LogP contribution in [0, 0.1) is 6.92 Å². The first-order chi connectivity index (χ1) is 12.1. The molecule has 0 aromatic heterocycles. The van der Waals surface area contributed by atoms with Crippen LogP contribution in [0.1, 0.15) is 16.7 Å². The van der Waals surface area contributed by atoms with Crippen molar-refractivity contribution in [2.24, 2.45) is 0 Å². The number of hydrogen-bond donors (Lipinski definition) is 2. The number of carbonyl (C=O) groups is 2. The highest BCUT2D eigenvalue weighted by molar-refractivity contribution is 8.00. The standard InChI is InChI=1S/C19H21N3O2S/c1-14-5-4-8-17(9-14)20-18(23)12-25-13-19(24)21-22-10-15-6-2-3-7-16(15)11-22/h2-9H,10-13H2,1H3,(H,20,23)(H,21,24). The minimum absolute atomic E-state index is 0.0823. The Hall–Kier alpha value is -2.31. The third-order valence-corrected chi connectivity index (χ3v) is 4.82. The van der Waals surface area contributed by atoms with E-state index < -0.39 is 0 Å². The molecule has 2 aromatic carbocycles. The van der Waals surface area contributed by atoms with Crippen LogP contribution in [0.5, 0.6) is 0 Å². The predicted octanol–water partition coefficient (Wildman–Crippen LogP) is 2.71. The zero-order valence-corrected chi connectivity index (χ0v) is 14.9. The van der Waals surface area contributed by atoms with Gasteiger partial charge in [0.1, 0.15) is 0 Å². The Bertz CT molecular complexity index is 754. The van der Waals surface area contributed by atoms with Crippen LogP contribution in [0.4, 0.5) is 5.69 Å². The molecule has 1 heterocycles. The van der Waals surface area contributed by atoms with Gasteiger partial charge in [0.2, 0.25) is 11.8 Å².